The molecule has 0 unspecified atom stereocenters. The molecule has 2 rings (SSSR count). The molecule has 1 heterocycles. The Bertz CT molecular complexity index is 578. The number of nitrogens with one attached hydrogen (secondary N) is 1. The number of hydrogen-bond acceptors (Lipinski definition) is 4. The van der Waals surface area contributed by atoms with Crippen LogP contribution in [0.25, 0.3) is 10.9 Å². The van der Waals surface area contributed by atoms with Gasteiger partial charge in [0.1, 0.15) is 0 Å². The summed E-state index contributed by atoms with van der Waals surface area (Å²) in [6, 6.07) is 5.95. The van der Waals surface area contributed by atoms with Crippen LogP contribution in [0.2, 0.25) is 0 Å². The van der Waals surface area contributed by atoms with Gasteiger partial charge in [0.2, 0.25) is 0 Å². The zero-order valence-corrected chi connectivity index (χ0v) is 11.1. The Labute approximate surface area is 106 Å². The van der Waals surface area contributed by atoms with E-state index in [-0.39, 0.29) is 17.7 Å². The Kier molecular flexibility index (Phi) is 3.13. The van der Waals surface area contributed by atoms with Crippen LogP contribution in [0.3, 0.4) is 0 Å². The van der Waals surface area contributed by atoms with Crippen LogP contribution >= 0.6 is 22.6 Å². The molecule has 0 saturated heterocycles. The van der Waals surface area contributed by atoms with Crippen molar-refractivity contribution < 1.29 is 4.42 Å². The first kappa shape index (κ1) is 11.4. The lowest BCUT2D eigenvalue weighted by Crippen LogP contribution is -2.14. The molecule has 0 saturated carbocycles. The summed E-state index contributed by atoms with van der Waals surface area (Å²) >= 11 is 2.15. The molecule has 0 spiro atoms. The molecule has 1 aromatic carbocycles. The first-order valence-corrected chi connectivity index (χ1v) is 6.01. The highest BCUT2D eigenvalue weighted by molar-refractivity contribution is 14.1. The Morgan fingerprint density at radius 3 is 2.88 bits per heavy atom. The molecular weight excluding hydrogens is 319 g/mol. The third-order valence-electron chi connectivity index (χ3n) is 2.00. The van der Waals surface area contributed by atoms with E-state index in [2.05, 4.69) is 32.9 Å². The largest absolute Gasteiger partial charge is 0.389 e. The first-order chi connectivity index (χ1) is 7.56. The van der Waals surface area contributed by atoms with Crippen LogP contribution in [0.4, 0.5) is 6.01 Å². The molecule has 84 valence electrons. The van der Waals surface area contributed by atoms with Crippen molar-refractivity contribution in [3.05, 3.63) is 32.2 Å². The predicted octanol–water partition coefficient (Wildman–Crippen LogP) is 2.61. The van der Waals surface area contributed by atoms with Crippen molar-refractivity contribution in [1.82, 2.24) is 4.98 Å². The lowest BCUT2D eigenvalue weighted by molar-refractivity contribution is 0.511. The molecule has 5 heteroatoms. The third kappa shape index (κ3) is 2.34. The van der Waals surface area contributed by atoms with Crippen molar-refractivity contribution in [2.75, 3.05) is 5.32 Å². The molecule has 0 aliphatic carbocycles. The van der Waals surface area contributed by atoms with Crippen LogP contribution < -0.4 is 10.9 Å². The number of halogens is 1. The lowest BCUT2D eigenvalue weighted by Gasteiger charge is -2.07. The number of aromatic nitrogens is 1. The summed E-state index contributed by atoms with van der Waals surface area (Å²) in [5.41, 5.74) is 0.298. The molecule has 0 fully saturated rings. The normalized spacial score (nSPS) is 11.0. The number of benzene rings is 1. The zero-order valence-electron chi connectivity index (χ0n) is 8.95. The fourth-order valence-corrected chi connectivity index (χ4v) is 1.84. The average Bonchev–Trinajstić information content (AvgIpc) is 2.18. The highest BCUT2D eigenvalue weighted by Gasteiger charge is 2.07. The van der Waals surface area contributed by atoms with Crippen molar-refractivity contribution in [1.29, 1.82) is 0 Å². The number of hydrogen-bond donors (Lipinski definition) is 1. The summed E-state index contributed by atoms with van der Waals surface area (Å²) in [7, 11) is 0. The minimum Gasteiger partial charge on any atom is -0.389 e. The molecule has 16 heavy (non-hydrogen) atoms. The van der Waals surface area contributed by atoms with Gasteiger partial charge in [0.05, 0.1) is 10.9 Å². The molecule has 2 aromatic rings. The second kappa shape index (κ2) is 4.40. The number of nitrogens with zero attached hydrogens (tertiary/aromatic N) is 1. The van der Waals surface area contributed by atoms with E-state index in [0.717, 1.165) is 3.57 Å². The third-order valence-corrected chi connectivity index (χ3v) is 2.67. The maximum absolute atomic E-state index is 11.7. The van der Waals surface area contributed by atoms with Gasteiger partial charge in [-0.1, -0.05) is 0 Å². The average molecular weight is 330 g/mol. The van der Waals surface area contributed by atoms with Gasteiger partial charge in [0.15, 0.2) is 0 Å². The SMILES string of the molecule is CC(C)Nc1nc2ccc(I)cc2c(=O)o1. The molecule has 1 aromatic heterocycles. The number of rotatable bonds is 2. The Morgan fingerprint density at radius 1 is 1.44 bits per heavy atom. The van der Waals surface area contributed by atoms with Gasteiger partial charge in [-0.05, 0) is 54.6 Å². The van der Waals surface area contributed by atoms with Gasteiger partial charge in [-0.2, -0.15) is 4.98 Å². The predicted molar refractivity (Wildman–Crippen MR) is 71.8 cm³/mol. The summed E-state index contributed by atoms with van der Waals surface area (Å²) < 4.78 is 6.06. The van der Waals surface area contributed by atoms with E-state index < -0.39 is 0 Å². The fourth-order valence-electron chi connectivity index (χ4n) is 1.35. The Hall–Kier alpha value is -1.11. The van der Waals surface area contributed by atoms with Crippen molar-refractivity contribution in [3.63, 3.8) is 0 Å². The van der Waals surface area contributed by atoms with Gasteiger partial charge in [-0.15, -0.1) is 0 Å². The van der Waals surface area contributed by atoms with Crippen molar-refractivity contribution in [2.24, 2.45) is 0 Å². The van der Waals surface area contributed by atoms with E-state index in [4.69, 9.17) is 4.42 Å². The lowest BCUT2D eigenvalue weighted by atomic mass is 10.2. The van der Waals surface area contributed by atoms with E-state index in [1.807, 2.05) is 26.0 Å². The zero-order chi connectivity index (χ0) is 11.7. The fraction of sp³-hybridized carbons (Fsp3) is 0.273. The minimum atomic E-state index is -0.355. The smallest absolute Gasteiger partial charge is 0.348 e. The van der Waals surface area contributed by atoms with Gasteiger partial charge in [0.25, 0.3) is 6.01 Å². The van der Waals surface area contributed by atoms with Crippen LogP contribution in [0.1, 0.15) is 13.8 Å². The van der Waals surface area contributed by atoms with Gasteiger partial charge in [0, 0.05) is 9.61 Å². The van der Waals surface area contributed by atoms with Crippen molar-refractivity contribution in [3.8, 4) is 0 Å². The van der Waals surface area contributed by atoms with Crippen molar-refractivity contribution >= 4 is 39.5 Å². The molecule has 4 nitrogen and oxygen atoms in total. The monoisotopic (exact) mass is 330 g/mol. The highest BCUT2D eigenvalue weighted by atomic mass is 127. The maximum Gasteiger partial charge on any atom is 0.348 e. The molecular formula is C11H11IN2O2. The van der Waals surface area contributed by atoms with Crippen LogP contribution in [0.5, 0.6) is 0 Å². The molecule has 0 amide bonds. The van der Waals surface area contributed by atoms with Gasteiger partial charge < -0.3 is 9.73 Å². The first-order valence-electron chi connectivity index (χ1n) is 4.93. The van der Waals surface area contributed by atoms with Crippen LogP contribution in [0.15, 0.2) is 27.4 Å². The minimum absolute atomic E-state index is 0.178. The Morgan fingerprint density at radius 2 is 2.19 bits per heavy atom. The molecule has 0 aliphatic heterocycles. The number of fused-ring (bicyclic) bond motifs is 1. The summed E-state index contributed by atoms with van der Waals surface area (Å²) in [6.45, 7) is 3.92. The van der Waals surface area contributed by atoms with Crippen LogP contribution in [-0.4, -0.2) is 11.0 Å². The standard InChI is InChI=1S/C11H11IN2O2/c1-6(2)13-11-14-9-4-3-7(12)5-8(9)10(15)16-11/h3-6H,1-2H3,(H,13,14). The summed E-state index contributed by atoms with van der Waals surface area (Å²) in [4.78, 5) is 15.9. The maximum atomic E-state index is 11.7. The van der Waals surface area contributed by atoms with Crippen LogP contribution in [0, 0.1) is 3.57 Å². The summed E-state index contributed by atoms with van der Waals surface area (Å²) in [5, 5.41) is 3.49. The molecule has 0 radical (unpaired) electrons. The molecule has 0 bridgehead atoms. The van der Waals surface area contributed by atoms with Gasteiger partial charge >= 0.3 is 5.63 Å². The highest BCUT2D eigenvalue weighted by Crippen LogP contribution is 2.14. The van der Waals surface area contributed by atoms with E-state index in [9.17, 15) is 4.79 Å². The van der Waals surface area contributed by atoms with E-state index in [0.29, 0.717) is 10.9 Å². The number of anilines is 1. The summed E-state index contributed by atoms with van der Waals surface area (Å²) in [6.07, 6.45) is 0. The van der Waals surface area contributed by atoms with E-state index in [1.165, 1.54) is 0 Å². The second-order valence-electron chi connectivity index (χ2n) is 3.77. The summed E-state index contributed by atoms with van der Waals surface area (Å²) in [5.74, 6) is 0. The van der Waals surface area contributed by atoms with Crippen LogP contribution in [-0.2, 0) is 0 Å². The second-order valence-corrected chi connectivity index (χ2v) is 5.01. The molecule has 0 aliphatic rings. The van der Waals surface area contributed by atoms with E-state index in [1.54, 1.807) is 6.07 Å². The quantitative estimate of drug-likeness (QED) is 0.860. The Balaban J connectivity index is 2.59. The van der Waals surface area contributed by atoms with Gasteiger partial charge in [-0.25, -0.2) is 4.79 Å². The van der Waals surface area contributed by atoms with E-state index >= 15 is 0 Å². The van der Waals surface area contributed by atoms with Crippen molar-refractivity contribution in [2.45, 2.75) is 19.9 Å². The van der Waals surface area contributed by atoms with Gasteiger partial charge in [-0.3, -0.25) is 0 Å². The molecule has 0 atom stereocenters. The topological polar surface area (TPSA) is 55.1 Å². The molecule has 1 N–H and O–H groups in total.